The molecule has 15 heteroatoms. The van der Waals surface area contributed by atoms with Gasteiger partial charge in [-0.1, -0.05) is 0 Å². The van der Waals surface area contributed by atoms with Crippen LogP contribution in [0.1, 0.15) is 54.4 Å². The number of ether oxygens (including phenoxy) is 3. The van der Waals surface area contributed by atoms with Crippen LogP contribution in [0.2, 0.25) is 12.1 Å². The lowest BCUT2D eigenvalue weighted by molar-refractivity contribution is 0.0454. The van der Waals surface area contributed by atoms with E-state index in [2.05, 4.69) is 10.6 Å². The van der Waals surface area contributed by atoms with Crippen molar-refractivity contribution in [3.05, 3.63) is 0 Å². The van der Waals surface area contributed by atoms with Gasteiger partial charge in [0.05, 0.1) is 13.2 Å². The molecule has 2 amide bonds. The Morgan fingerprint density at radius 1 is 0.513 bits per heavy atom. The van der Waals surface area contributed by atoms with E-state index in [1.807, 2.05) is 41.5 Å². The molecule has 0 aliphatic rings. The van der Waals surface area contributed by atoms with Crippen molar-refractivity contribution in [1.29, 1.82) is 0 Å². The predicted molar refractivity (Wildman–Crippen MR) is 150 cm³/mol. The summed E-state index contributed by atoms with van der Waals surface area (Å²) in [6, 6.07) is 1.21. The summed E-state index contributed by atoms with van der Waals surface area (Å²) in [6.07, 6.45) is 0.226. The quantitative estimate of drug-likeness (QED) is 0.112. The van der Waals surface area contributed by atoms with Gasteiger partial charge in [-0.05, 0) is 54.4 Å². The van der Waals surface area contributed by atoms with Gasteiger partial charge in [0.2, 0.25) is 0 Å². The third-order valence-electron chi connectivity index (χ3n) is 4.97. The fourth-order valence-electron chi connectivity index (χ4n) is 3.58. The van der Waals surface area contributed by atoms with E-state index in [1.165, 1.54) is 0 Å². The van der Waals surface area contributed by atoms with Crippen molar-refractivity contribution < 1.29 is 50.4 Å². The van der Waals surface area contributed by atoms with Gasteiger partial charge in [0, 0.05) is 64.8 Å². The Morgan fingerprint density at radius 3 is 1.10 bits per heavy atom. The molecule has 0 unspecified atom stereocenters. The molecule has 0 rings (SSSR count). The van der Waals surface area contributed by atoms with Crippen molar-refractivity contribution in [2.75, 3.05) is 79.2 Å². The van der Waals surface area contributed by atoms with Crippen molar-refractivity contribution >= 4 is 29.8 Å². The highest BCUT2D eigenvalue weighted by molar-refractivity contribution is 6.61. The third kappa shape index (κ3) is 18.6. The summed E-state index contributed by atoms with van der Waals surface area (Å²) in [5, 5.41) is 5.39. The van der Waals surface area contributed by atoms with E-state index in [0.29, 0.717) is 77.7 Å². The number of hydrogen-bond donors (Lipinski definition) is 2. The average Bonchev–Trinajstić information content (AvgIpc) is 2.89. The van der Waals surface area contributed by atoms with Crippen molar-refractivity contribution in [2.45, 2.75) is 66.5 Å². The van der Waals surface area contributed by atoms with Gasteiger partial charge >= 0.3 is 29.8 Å². The minimum Gasteiger partial charge on any atom is -0.447 e. The van der Waals surface area contributed by atoms with Gasteiger partial charge in [-0.15, -0.1) is 0 Å². The maximum absolute atomic E-state index is 11.8. The topological polar surface area (TPSA) is 141 Å². The first kappa shape index (κ1) is 37.7. The monoisotopic (exact) mass is 600 g/mol. The standard InChI is InChI=1S/C24H52N2O11Si2/c1-7-32-38(33-8-2,34-9-3)21-13-15-25-23(27)30-19-17-29-18-20-31-24(28)26-16-14-22-39(35-10-4,36-11-5)37-12-6/h7-22H2,1-6H3,(H,25,27)(H,26,28). The molecule has 13 nitrogen and oxygen atoms in total. The zero-order valence-electron chi connectivity index (χ0n) is 24.8. The Labute approximate surface area is 236 Å². The van der Waals surface area contributed by atoms with Crippen LogP contribution in [0.15, 0.2) is 0 Å². The summed E-state index contributed by atoms with van der Waals surface area (Å²) >= 11 is 0. The van der Waals surface area contributed by atoms with Crippen LogP contribution >= 0.6 is 0 Å². The lowest BCUT2D eigenvalue weighted by Gasteiger charge is -2.28. The molecule has 0 aliphatic carbocycles. The molecule has 0 fully saturated rings. The maximum atomic E-state index is 11.8. The Balaban J connectivity index is 3.91. The average molecular weight is 601 g/mol. The lowest BCUT2D eigenvalue weighted by atomic mass is 10.5. The first-order valence-corrected chi connectivity index (χ1v) is 17.9. The van der Waals surface area contributed by atoms with Crippen LogP contribution in [-0.2, 0) is 40.8 Å². The summed E-state index contributed by atoms with van der Waals surface area (Å²) in [7, 11) is -5.43. The molecule has 0 bridgehead atoms. The van der Waals surface area contributed by atoms with Crippen LogP contribution < -0.4 is 10.6 Å². The lowest BCUT2D eigenvalue weighted by Crippen LogP contribution is -2.46. The zero-order valence-corrected chi connectivity index (χ0v) is 26.8. The molecule has 0 saturated carbocycles. The Bertz CT molecular complexity index is 537. The Hall–Kier alpha value is -1.31. The van der Waals surface area contributed by atoms with E-state index in [0.717, 1.165) is 0 Å². The molecule has 232 valence electrons. The van der Waals surface area contributed by atoms with E-state index >= 15 is 0 Å². The molecule has 0 radical (unpaired) electrons. The van der Waals surface area contributed by atoms with Gasteiger partial charge in [-0.25, -0.2) is 9.59 Å². The summed E-state index contributed by atoms with van der Waals surface area (Å²) in [5.74, 6) is 0. The van der Waals surface area contributed by atoms with Crippen molar-refractivity contribution in [1.82, 2.24) is 10.6 Å². The van der Waals surface area contributed by atoms with E-state index in [1.54, 1.807) is 0 Å². The normalized spacial score (nSPS) is 11.8. The van der Waals surface area contributed by atoms with Crippen molar-refractivity contribution in [2.24, 2.45) is 0 Å². The second kappa shape index (κ2) is 24.5. The van der Waals surface area contributed by atoms with E-state index in [4.69, 9.17) is 40.8 Å². The molecule has 0 heterocycles. The second-order valence-electron chi connectivity index (χ2n) is 7.91. The highest BCUT2D eigenvalue weighted by atomic mass is 28.4. The molecule has 0 saturated heterocycles. The highest BCUT2D eigenvalue weighted by Crippen LogP contribution is 2.18. The first-order chi connectivity index (χ1) is 18.9. The van der Waals surface area contributed by atoms with Gasteiger partial charge in [-0.3, -0.25) is 0 Å². The minimum atomic E-state index is -2.71. The van der Waals surface area contributed by atoms with Gasteiger partial charge < -0.3 is 51.4 Å². The molecule has 0 aliphatic heterocycles. The summed E-state index contributed by atoms with van der Waals surface area (Å²) in [6.45, 7) is 15.9. The van der Waals surface area contributed by atoms with Crippen LogP contribution in [0.3, 0.4) is 0 Å². The molecule has 0 aromatic rings. The number of nitrogens with one attached hydrogen (secondary N) is 2. The molecule has 0 spiro atoms. The third-order valence-corrected chi connectivity index (χ3v) is 11.3. The number of hydrogen-bond acceptors (Lipinski definition) is 11. The largest absolute Gasteiger partial charge is 0.500 e. The van der Waals surface area contributed by atoms with Gasteiger partial charge in [0.15, 0.2) is 0 Å². The SMILES string of the molecule is CCO[Si](CCCNC(=O)OCCOCCOC(=O)NCCC[Si](OCC)(OCC)OCC)(OCC)OCC. The Morgan fingerprint density at radius 2 is 0.821 bits per heavy atom. The zero-order chi connectivity index (χ0) is 29.2. The molecule has 2 N–H and O–H groups in total. The van der Waals surface area contributed by atoms with Crippen LogP contribution in [0.5, 0.6) is 0 Å². The van der Waals surface area contributed by atoms with E-state index in [-0.39, 0.29) is 26.4 Å². The molecule has 0 aromatic heterocycles. The highest BCUT2D eigenvalue weighted by Gasteiger charge is 2.40. The number of rotatable bonds is 26. The van der Waals surface area contributed by atoms with Gasteiger partial charge in [-0.2, -0.15) is 0 Å². The summed E-state index contributed by atoms with van der Waals surface area (Å²) in [5.41, 5.74) is 0. The maximum Gasteiger partial charge on any atom is 0.500 e. The van der Waals surface area contributed by atoms with Gasteiger partial charge in [0.25, 0.3) is 0 Å². The number of alkyl carbamates (subject to hydrolysis) is 2. The smallest absolute Gasteiger partial charge is 0.447 e. The van der Waals surface area contributed by atoms with Crippen LogP contribution in [0, 0.1) is 0 Å². The predicted octanol–water partition coefficient (Wildman–Crippen LogP) is 3.33. The Kier molecular flexibility index (Phi) is 23.7. The molecule has 0 atom stereocenters. The molecule has 0 aromatic carbocycles. The number of carbonyl (C=O) groups is 2. The van der Waals surface area contributed by atoms with Crippen LogP contribution in [0.4, 0.5) is 9.59 Å². The summed E-state index contributed by atoms with van der Waals surface area (Å²) in [4.78, 5) is 23.7. The van der Waals surface area contributed by atoms with Gasteiger partial charge in [0.1, 0.15) is 13.2 Å². The number of amides is 2. The molecule has 39 heavy (non-hydrogen) atoms. The second-order valence-corrected chi connectivity index (χ2v) is 13.4. The summed E-state index contributed by atoms with van der Waals surface area (Å²) < 4.78 is 50.3. The first-order valence-electron chi connectivity index (χ1n) is 14.1. The number of carbonyl (C=O) groups excluding carboxylic acids is 2. The fourth-order valence-corrected chi connectivity index (χ4v) is 8.81. The van der Waals surface area contributed by atoms with Crippen LogP contribution in [-0.4, -0.2) is 109 Å². The van der Waals surface area contributed by atoms with Crippen molar-refractivity contribution in [3.63, 3.8) is 0 Å². The van der Waals surface area contributed by atoms with E-state index in [9.17, 15) is 9.59 Å². The fraction of sp³-hybridized carbons (Fsp3) is 0.917. The van der Waals surface area contributed by atoms with E-state index < -0.39 is 29.8 Å². The van der Waals surface area contributed by atoms with Crippen LogP contribution in [0.25, 0.3) is 0 Å². The molecular formula is C24H52N2O11Si2. The minimum absolute atomic E-state index is 0.0820. The molecular weight excluding hydrogens is 548 g/mol. The van der Waals surface area contributed by atoms with Crippen molar-refractivity contribution in [3.8, 4) is 0 Å².